The third-order valence-electron chi connectivity index (χ3n) is 3.50. The highest BCUT2D eigenvalue weighted by molar-refractivity contribution is 6.40. The summed E-state index contributed by atoms with van der Waals surface area (Å²) in [6, 6.07) is 10.4. The molecular formula is C17H11Cl3N2O. The first-order valence-electron chi connectivity index (χ1n) is 6.78. The number of nitrogens with one attached hydrogen (secondary N) is 1. The zero-order valence-electron chi connectivity index (χ0n) is 12.0. The summed E-state index contributed by atoms with van der Waals surface area (Å²) >= 11 is 18.4. The number of fused-ring (bicyclic) bond motifs is 1. The first-order chi connectivity index (χ1) is 11.0. The van der Waals surface area contributed by atoms with Gasteiger partial charge in [-0.3, -0.25) is 9.78 Å². The Morgan fingerprint density at radius 1 is 1.00 bits per heavy atom. The van der Waals surface area contributed by atoms with Crippen LogP contribution in [0.15, 0.2) is 42.6 Å². The number of rotatable bonds is 2. The molecule has 1 heterocycles. The summed E-state index contributed by atoms with van der Waals surface area (Å²) in [6.45, 7) is 1.88. The van der Waals surface area contributed by atoms with Gasteiger partial charge in [-0.15, -0.1) is 0 Å². The van der Waals surface area contributed by atoms with Crippen LogP contribution in [0.5, 0.6) is 0 Å². The monoisotopic (exact) mass is 364 g/mol. The lowest BCUT2D eigenvalue weighted by Crippen LogP contribution is -2.14. The SMILES string of the molecule is Cc1ccc2c(Cl)ccnc2c1NC(=O)c1c(Cl)cccc1Cl. The summed E-state index contributed by atoms with van der Waals surface area (Å²) in [5.41, 5.74) is 2.30. The van der Waals surface area contributed by atoms with Crippen LogP contribution in [-0.4, -0.2) is 10.9 Å². The molecule has 0 bridgehead atoms. The first kappa shape index (κ1) is 16.1. The molecule has 0 saturated carbocycles. The maximum atomic E-state index is 12.6. The van der Waals surface area contributed by atoms with E-state index in [-0.39, 0.29) is 5.56 Å². The highest BCUT2D eigenvalue weighted by Crippen LogP contribution is 2.31. The number of aryl methyl sites for hydroxylation is 1. The van der Waals surface area contributed by atoms with E-state index >= 15 is 0 Å². The standard InChI is InChI=1S/C17H11Cl3N2O/c1-9-5-6-10-11(18)7-8-21-16(10)15(9)22-17(23)14-12(19)3-2-4-13(14)20/h2-8H,1H3,(H,22,23). The maximum absolute atomic E-state index is 12.6. The Kier molecular flexibility index (Phi) is 4.44. The van der Waals surface area contributed by atoms with Crippen LogP contribution < -0.4 is 5.32 Å². The van der Waals surface area contributed by atoms with E-state index in [2.05, 4.69) is 10.3 Å². The highest BCUT2D eigenvalue weighted by Gasteiger charge is 2.17. The second kappa shape index (κ2) is 6.36. The number of hydrogen-bond acceptors (Lipinski definition) is 2. The maximum Gasteiger partial charge on any atom is 0.258 e. The van der Waals surface area contributed by atoms with Crippen molar-refractivity contribution >= 4 is 57.3 Å². The van der Waals surface area contributed by atoms with E-state index in [9.17, 15) is 4.79 Å². The van der Waals surface area contributed by atoms with E-state index in [0.717, 1.165) is 10.9 Å². The number of nitrogens with zero attached hydrogens (tertiary/aromatic N) is 1. The number of pyridine rings is 1. The molecule has 0 saturated heterocycles. The number of benzene rings is 2. The summed E-state index contributed by atoms with van der Waals surface area (Å²) < 4.78 is 0. The second-order valence-electron chi connectivity index (χ2n) is 5.00. The molecule has 0 unspecified atom stereocenters. The molecule has 0 aliphatic carbocycles. The molecule has 0 aliphatic heterocycles. The van der Waals surface area contributed by atoms with Crippen molar-refractivity contribution in [1.29, 1.82) is 0 Å². The Bertz CT molecular complexity index is 905. The molecule has 116 valence electrons. The Morgan fingerprint density at radius 3 is 2.39 bits per heavy atom. The topological polar surface area (TPSA) is 42.0 Å². The lowest BCUT2D eigenvalue weighted by atomic mass is 10.1. The fraction of sp³-hybridized carbons (Fsp3) is 0.0588. The van der Waals surface area contributed by atoms with Crippen molar-refractivity contribution in [2.75, 3.05) is 5.32 Å². The van der Waals surface area contributed by atoms with Crippen LogP contribution >= 0.6 is 34.8 Å². The van der Waals surface area contributed by atoms with Crippen LogP contribution in [0.3, 0.4) is 0 Å². The Balaban J connectivity index is 2.10. The van der Waals surface area contributed by atoms with E-state index in [4.69, 9.17) is 34.8 Å². The van der Waals surface area contributed by atoms with Gasteiger partial charge >= 0.3 is 0 Å². The van der Waals surface area contributed by atoms with Crippen LogP contribution in [0.4, 0.5) is 5.69 Å². The third kappa shape index (κ3) is 3.00. The Labute approximate surface area is 148 Å². The van der Waals surface area contributed by atoms with Gasteiger partial charge < -0.3 is 5.32 Å². The van der Waals surface area contributed by atoms with Gasteiger partial charge in [-0.2, -0.15) is 0 Å². The fourth-order valence-electron chi connectivity index (χ4n) is 2.33. The van der Waals surface area contributed by atoms with Crippen molar-refractivity contribution in [2.24, 2.45) is 0 Å². The molecule has 1 N–H and O–H groups in total. The molecule has 3 aromatic rings. The number of anilines is 1. The molecule has 3 rings (SSSR count). The third-order valence-corrected chi connectivity index (χ3v) is 4.46. The van der Waals surface area contributed by atoms with Gasteiger partial charge in [-0.1, -0.05) is 53.0 Å². The number of amides is 1. The van der Waals surface area contributed by atoms with E-state index in [0.29, 0.717) is 26.3 Å². The van der Waals surface area contributed by atoms with Gasteiger partial charge in [0.05, 0.1) is 31.8 Å². The number of aromatic nitrogens is 1. The summed E-state index contributed by atoms with van der Waals surface area (Å²) in [6.07, 6.45) is 1.60. The van der Waals surface area contributed by atoms with Gasteiger partial charge in [0, 0.05) is 11.6 Å². The molecular weight excluding hydrogens is 355 g/mol. The minimum Gasteiger partial charge on any atom is -0.320 e. The molecule has 0 aliphatic rings. The first-order valence-corrected chi connectivity index (χ1v) is 7.91. The highest BCUT2D eigenvalue weighted by atomic mass is 35.5. The smallest absolute Gasteiger partial charge is 0.258 e. The summed E-state index contributed by atoms with van der Waals surface area (Å²) in [5, 5.41) is 4.77. The zero-order valence-corrected chi connectivity index (χ0v) is 14.3. The number of hydrogen-bond donors (Lipinski definition) is 1. The van der Waals surface area contributed by atoms with Crippen molar-refractivity contribution in [3.63, 3.8) is 0 Å². The van der Waals surface area contributed by atoms with Gasteiger partial charge in [-0.05, 0) is 30.7 Å². The van der Waals surface area contributed by atoms with Crippen molar-refractivity contribution in [1.82, 2.24) is 4.98 Å². The Hall–Kier alpha value is -1.81. The largest absolute Gasteiger partial charge is 0.320 e. The normalized spacial score (nSPS) is 10.8. The average molecular weight is 366 g/mol. The van der Waals surface area contributed by atoms with E-state index in [1.807, 2.05) is 19.1 Å². The van der Waals surface area contributed by atoms with Gasteiger partial charge in [0.25, 0.3) is 5.91 Å². The van der Waals surface area contributed by atoms with Gasteiger partial charge in [0.15, 0.2) is 0 Å². The van der Waals surface area contributed by atoms with Crippen molar-refractivity contribution in [3.8, 4) is 0 Å². The van der Waals surface area contributed by atoms with Crippen molar-refractivity contribution in [3.05, 3.63) is 68.8 Å². The van der Waals surface area contributed by atoms with Crippen molar-refractivity contribution in [2.45, 2.75) is 6.92 Å². The second-order valence-corrected chi connectivity index (χ2v) is 6.22. The predicted molar refractivity (Wildman–Crippen MR) is 95.9 cm³/mol. The molecule has 23 heavy (non-hydrogen) atoms. The predicted octanol–water partition coefficient (Wildman–Crippen LogP) is 5.76. The minimum atomic E-state index is -0.391. The van der Waals surface area contributed by atoms with Gasteiger partial charge in [0.1, 0.15) is 0 Å². The molecule has 0 atom stereocenters. The number of carbonyl (C=O) groups excluding carboxylic acids is 1. The summed E-state index contributed by atoms with van der Waals surface area (Å²) in [5.74, 6) is -0.391. The van der Waals surface area contributed by atoms with Gasteiger partial charge in [0.2, 0.25) is 0 Å². The van der Waals surface area contributed by atoms with Gasteiger partial charge in [-0.25, -0.2) is 0 Å². The average Bonchev–Trinajstić information content (AvgIpc) is 2.50. The lowest BCUT2D eigenvalue weighted by Gasteiger charge is -2.13. The van der Waals surface area contributed by atoms with E-state index in [1.165, 1.54) is 0 Å². The molecule has 0 radical (unpaired) electrons. The van der Waals surface area contributed by atoms with Crippen LogP contribution in [0.25, 0.3) is 10.9 Å². The number of carbonyl (C=O) groups is 1. The van der Waals surface area contributed by atoms with Crippen molar-refractivity contribution < 1.29 is 4.79 Å². The Morgan fingerprint density at radius 2 is 1.70 bits per heavy atom. The van der Waals surface area contributed by atoms with Crippen LogP contribution in [-0.2, 0) is 0 Å². The molecule has 1 amide bonds. The molecule has 6 heteroatoms. The van der Waals surface area contributed by atoms with E-state index in [1.54, 1.807) is 30.5 Å². The minimum absolute atomic E-state index is 0.231. The van der Waals surface area contributed by atoms with E-state index < -0.39 is 5.91 Å². The molecule has 0 fully saturated rings. The molecule has 2 aromatic carbocycles. The van der Waals surface area contributed by atoms with Crippen LogP contribution in [0.1, 0.15) is 15.9 Å². The summed E-state index contributed by atoms with van der Waals surface area (Å²) in [4.78, 5) is 16.9. The molecule has 1 aromatic heterocycles. The number of halogens is 3. The summed E-state index contributed by atoms with van der Waals surface area (Å²) in [7, 11) is 0. The quantitative estimate of drug-likeness (QED) is 0.627. The van der Waals surface area contributed by atoms with Crippen LogP contribution in [0.2, 0.25) is 15.1 Å². The lowest BCUT2D eigenvalue weighted by molar-refractivity contribution is 0.102. The zero-order chi connectivity index (χ0) is 16.6. The fourth-order valence-corrected chi connectivity index (χ4v) is 3.11. The van der Waals surface area contributed by atoms with Crippen LogP contribution in [0, 0.1) is 6.92 Å². The molecule has 3 nitrogen and oxygen atoms in total. The molecule has 0 spiro atoms.